The smallest absolute Gasteiger partial charge is 0.339 e. The molecule has 0 bridgehead atoms. The molecule has 7 nitrogen and oxygen atoms in total. The van der Waals surface area contributed by atoms with Crippen LogP contribution in [0.4, 0.5) is 0 Å². The van der Waals surface area contributed by atoms with Crippen molar-refractivity contribution >= 4 is 33.8 Å². The zero-order valence-electron chi connectivity index (χ0n) is 20.3. The topological polar surface area (TPSA) is 110 Å². The molecule has 2 heterocycles. The fourth-order valence-corrected chi connectivity index (χ4v) is 4.52. The van der Waals surface area contributed by atoms with Gasteiger partial charge in [0.1, 0.15) is 23.0 Å². The van der Waals surface area contributed by atoms with Gasteiger partial charge < -0.3 is 19.3 Å². The molecule has 182 valence electrons. The standard InChI is InChI=1S/C28H29NO6/c1-5-15(2)26(27(31)32)29-24(30)12-11-19-16(3)20-13-21-23(14-22(20)35-28(19)33)34-17(4)25(21)18-9-7-6-8-10-18/h6-10,13-15,26H,5,11-12H2,1-4H3,(H,29,30)(H,31,32)/t15-,26+/m0/s1. The van der Waals surface area contributed by atoms with Crippen molar-refractivity contribution in [1.82, 2.24) is 5.32 Å². The van der Waals surface area contributed by atoms with Crippen LogP contribution < -0.4 is 10.9 Å². The number of carboxylic acids is 1. The van der Waals surface area contributed by atoms with E-state index in [0.717, 1.165) is 33.2 Å². The lowest BCUT2D eigenvalue weighted by Crippen LogP contribution is -2.45. The molecule has 2 aromatic carbocycles. The van der Waals surface area contributed by atoms with Crippen LogP contribution in [0.25, 0.3) is 33.1 Å². The average Bonchev–Trinajstić information content (AvgIpc) is 3.15. The maximum absolute atomic E-state index is 12.8. The number of hydrogen-bond acceptors (Lipinski definition) is 5. The van der Waals surface area contributed by atoms with E-state index in [1.165, 1.54) is 0 Å². The molecule has 4 aromatic rings. The molecule has 0 saturated heterocycles. The van der Waals surface area contributed by atoms with Crippen molar-refractivity contribution in [3.8, 4) is 11.1 Å². The first-order valence-corrected chi connectivity index (χ1v) is 11.8. The molecule has 2 aromatic heterocycles. The quantitative estimate of drug-likeness (QED) is 0.332. The second-order valence-electron chi connectivity index (χ2n) is 9.01. The summed E-state index contributed by atoms with van der Waals surface area (Å²) in [4.78, 5) is 36.8. The van der Waals surface area contributed by atoms with Gasteiger partial charge in [0, 0.05) is 34.4 Å². The van der Waals surface area contributed by atoms with E-state index in [9.17, 15) is 19.5 Å². The average molecular weight is 476 g/mol. The highest BCUT2D eigenvalue weighted by Crippen LogP contribution is 2.37. The predicted molar refractivity (Wildman–Crippen MR) is 135 cm³/mol. The lowest BCUT2D eigenvalue weighted by atomic mass is 9.97. The molecule has 0 aliphatic rings. The molecule has 2 N–H and O–H groups in total. The van der Waals surface area contributed by atoms with Crippen LogP contribution in [0.3, 0.4) is 0 Å². The van der Waals surface area contributed by atoms with Gasteiger partial charge in [-0.05, 0) is 43.4 Å². The normalized spacial score (nSPS) is 13.1. The first kappa shape index (κ1) is 24.3. The van der Waals surface area contributed by atoms with Crippen molar-refractivity contribution in [2.45, 2.75) is 53.0 Å². The van der Waals surface area contributed by atoms with E-state index in [4.69, 9.17) is 8.83 Å². The Labute approximate surface area is 202 Å². The van der Waals surface area contributed by atoms with E-state index in [1.54, 1.807) is 13.0 Å². The minimum absolute atomic E-state index is 0.0142. The van der Waals surface area contributed by atoms with E-state index in [0.29, 0.717) is 23.2 Å². The van der Waals surface area contributed by atoms with E-state index in [1.807, 2.05) is 57.2 Å². The van der Waals surface area contributed by atoms with Crippen LogP contribution in [0.2, 0.25) is 0 Å². The number of amides is 1. The zero-order chi connectivity index (χ0) is 25.3. The summed E-state index contributed by atoms with van der Waals surface area (Å²) in [5.41, 5.74) is 3.70. The molecule has 0 spiro atoms. The molecule has 0 aliphatic carbocycles. The number of furan rings is 1. The number of hydrogen-bond donors (Lipinski definition) is 2. The highest BCUT2D eigenvalue weighted by atomic mass is 16.4. The van der Waals surface area contributed by atoms with Crippen molar-refractivity contribution in [2.24, 2.45) is 5.92 Å². The first-order chi connectivity index (χ1) is 16.7. The van der Waals surface area contributed by atoms with Crippen LogP contribution in [0.15, 0.2) is 56.1 Å². The van der Waals surface area contributed by atoms with Crippen LogP contribution >= 0.6 is 0 Å². The molecular weight excluding hydrogens is 446 g/mol. The minimum Gasteiger partial charge on any atom is -0.480 e. The van der Waals surface area contributed by atoms with Crippen LogP contribution in [0.1, 0.15) is 43.6 Å². The lowest BCUT2D eigenvalue weighted by Gasteiger charge is -2.20. The number of carbonyl (C=O) groups is 2. The van der Waals surface area contributed by atoms with Crippen LogP contribution in [-0.4, -0.2) is 23.0 Å². The van der Waals surface area contributed by atoms with E-state index < -0.39 is 23.5 Å². The number of aliphatic carboxylic acids is 1. The zero-order valence-corrected chi connectivity index (χ0v) is 20.3. The summed E-state index contributed by atoms with van der Waals surface area (Å²) in [7, 11) is 0. The molecule has 0 saturated carbocycles. The SMILES string of the molecule is CC[C@H](C)[C@@H](NC(=O)CCc1c(C)c2cc3c(-c4ccccc4)c(C)oc3cc2oc1=O)C(=O)O. The molecule has 0 aliphatic heterocycles. The number of carboxylic acid groups (broad SMARTS) is 1. The van der Waals surface area contributed by atoms with E-state index in [2.05, 4.69) is 5.32 Å². The summed E-state index contributed by atoms with van der Waals surface area (Å²) in [5.74, 6) is -0.914. The highest BCUT2D eigenvalue weighted by molar-refractivity contribution is 6.03. The molecule has 2 atom stereocenters. The Hall–Kier alpha value is -3.87. The highest BCUT2D eigenvalue weighted by Gasteiger charge is 2.25. The second-order valence-corrected chi connectivity index (χ2v) is 9.01. The monoisotopic (exact) mass is 475 g/mol. The maximum Gasteiger partial charge on any atom is 0.339 e. The van der Waals surface area contributed by atoms with Crippen LogP contribution in [0.5, 0.6) is 0 Å². The number of fused-ring (bicyclic) bond motifs is 2. The van der Waals surface area contributed by atoms with Gasteiger partial charge >= 0.3 is 11.6 Å². The molecule has 4 rings (SSSR count). The summed E-state index contributed by atoms with van der Waals surface area (Å²) in [5, 5.41) is 13.7. The third-order valence-electron chi connectivity index (χ3n) is 6.73. The Kier molecular flexibility index (Phi) is 6.78. The van der Waals surface area contributed by atoms with Gasteiger partial charge in [0.15, 0.2) is 0 Å². The van der Waals surface area contributed by atoms with Crippen molar-refractivity contribution in [3.05, 3.63) is 69.8 Å². The number of nitrogens with one attached hydrogen (secondary N) is 1. The van der Waals surface area contributed by atoms with Gasteiger partial charge in [0.25, 0.3) is 0 Å². The van der Waals surface area contributed by atoms with Crippen molar-refractivity contribution in [2.75, 3.05) is 0 Å². The van der Waals surface area contributed by atoms with Gasteiger partial charge in [-0.1, -0.05) is 50.6 Å². The summed E-state index contributed by atoms with van der Waals surface area (Å²) in [6, 6.07) is 12.7. The Bertz CT molecular complexity index is 1460. The summed E-state index contributed by atoms with van der Waals surface area (Å²) in [6.45, 7) is 7.40. The van der Waals surface area contributed by atoms with Crippen molar-refractivity contribution in [1.29, 1.82) is 0 Å². The van der Waals surface area contributed by atoms with Crippen LogP contribution in [0, 0.1) is 19.8 Å². The van der Waals surface area contributed by atoms with E-state index >= 15 is 0 Å². The molecular formula is C28H29NO6. The van der Waals surface area contributed by atoms with Gasteiger partial charge in [-0.25, -0.2) is 9.59 Å². The Morgan fingerprint density at radius 1 is 1.03 bits per heavy atom. The maximum atomic E-state index is 12.8. The number of carbonyl (C=O) groups excluding carboxylic acids is 1. The van der Waals surface area contributed by atoms with Gasteiger partial charge in [0.2, 0.25) is 5.91 Å². The van der Waals surface area contributed by atoms with Crippen molar-refractivity contribution < 1.29 is 23.5 Å². The van der Waals surface area contributed by atoms with E-state index in [-0.39, 0.29) is 18.8 Å². The van der Waals surface area contributed by atoms with Gasteiger partial charge in [-0.15, -0.1) is 0 Å². The van der Waals surface area contributed by atoms with Gasteiger partial charge in [-0.2, -0.15) is 0 Å². The molecule has 35 heavy (non-hydrogen) atoms. The number of benzene rings is 2. The fraction of sp³-hybridized carbons (Fsp3) is 0.321. The first-order valence-electron chi connectivity index (χ1n) is 11.8. The van der Waals surface area contributed by atoms with Gasteiger partial charge in [-0.3, -0.25) is 4.79 Å². The largest absolute Gasteiger partial charge is 0.480 e. The van der Waals surface area contributed by atoms with Crippen LogP contribution in [-0.2, 0) is 16.0 Å². The summed E-state index contributed by atoms with van der Waals surface area (Å²) in [6.07, 6.45) is 0.758. The Morgan fingerprint density at radius 2 is 1.71 bits per heavy atom. The molecule has 1 amide bonds. The Morgan fingerprint density at radius 3 is 2.37 bits per heavy atom. The third kappa shape index (κ3) is 4.71. The summed E-state index contributed by atoms with van der Waals surface area (Å²) < 4.78 is 11.6. The third-order valence-corrected chi connectivity index (χ3v) is 6.73. The minimum atomic E-state index is -1.07. The number of aryl methyl sites for hydroxylation is 2. The summed E-state index contributed by atoms with van der Waals surface area (Å²) >= 11 is 0. The van der Waals surface area contributed by atoms with Crippen molar-refractivity contribution in [3.63, 3.8) is 0 Å². The predicted octanol–water partition coefficient (Wildman–Crippen LogP) is 5.37. The molecule has 0 radical (unpaired) electrons. The molecule has 7 heteroatoms. The Balaban J connectivity index is 1.68. The fourth-order valence-electron chi connectivity index (χ4n) is 4.52. The lowest BCUT2D eigenvalue weighted by molar-refractivity contribution is -0.143. The van der Waals surface area contributed by atoms with Gasteiger partial charge in [0.05, 0.1) is 0 Å². The second kappa shape index (κ2) is 9.78. The number of rotatable bonds is 8. The molecule has 0 unspecified atom stereocenters. The molecule has 0 fully saturated rings.